The van der Waals surface area contributed by atoms with Gasteiger partial charge < -0.3 is 9.15 Å². The van der Waals surface area contributed by atoms with Crippen molar-refractivity contribution in [3.05, 3.63) is 42.4 Å². The topological polar surface area (TPSA) is 39.4 Å². The van der Waals surface area contributed by atoms with Crippen LogP contribution >= 0.6 is 0 Å². The lowest BCUT2D eigenvalue weighted by molar-refractivity contribution is 0.0987. The van der Waals surface area contributed by atoms with Gasteiger partial charge in [-0.15, -0.1) is 0 Å². The molecule has 1 aromatic carbocycles. The summed E-state index contributed by atoms with van der Waals surface area (Å²) in [6.45, 7) is 1.48. The van der Waals surface area contributed by atoms with Gasteiger partial charge in [0.2, 0.25) is 0 Å². The van der Waals surface area contributed by atoms with Crippen molar-refractivity contribution in [3.8, 4) is 16.9 Å². The largest absolute Gasteiger partial charge is 0.497 e. The van der Waals surface area contributed by atoms with Crippen LogP contribution in [0.3, 0.4) is 0 Å². The lowest BCUT2D eigenvalue weighted by atomic mass is 10.1. The number of ether oxygens (including phenoxy) is 1. The first-order valence-electron chi connectivity index (χ1n) is 4.94. The van der Waals surface area contributed by atoms with Gasteiger partial charge in [0, 0.05) is 12.5 Å². The molecule has 3 heteroatoms. The fourth-order valence-corrected chi connectivity index (χ4v) is 1.46. The molecule has 0 radical (unpaired) electrons. The molecule has 0 N–H and O–H groups in total. The summed E-state index contributed by atoms with van der Waals surface area (Å²) in [6.07, 6.45) is 1.58. The molecule has 0 saturated heterocycles. The summed E-state index contributed by atoms with van der Waals surface area (Å²) in [5.41, 5.74) is 1.89. The Kier molecular flexibility index (Phi) is 2.77. The van der Waals surface area contributed by atoms with E-state index in [0.29, 0.717) is 5.76 Å². The highest BCUT2D eigenvalue weighted by Gasteiger charge is 2.07. The Morgan fingerprint density at radius 2 is 1.88 bits per heavy atom. The van der Waals surface area contributed by atoms with E-state index >= 15 is 0 Å². The third-order valence-corrected chi connectivity index (χ3v) is 2.37. The molecule has 82 valence electrons. The van der Waals surface area contributed by atoms with Crippen molar-refractivity contribution in [2.24, 2.45) is 0 Å². The first kappa shape index (κ1) is 10.5. The highest BCUT2D eigenvalue weighted by molar-refractivity contribution is 5.92. The van der Waals surface area contributed by atoms with Crippen molar-refractivity contribution in [3.63, 3.8) is 0 Å². The molecule has 0 unspecified atom stereocenters. The number of rotatable bonds is 3. The number of hydrogen-bond acceptors (Lipinski definition) is 3. The molecule has 3 nitrogen and oxygen atoms in total. The van der Waals surface area contributed by atoms with Crippen LogP contribution in [-0.4, -0.2) is 12.9 Å². The van der Waals surface area contributed by atoms with E-state index in [-0.39, 0.29) is 5.78 Å². The predicted octanol–water partition coefficient (Wildman–Crippen LogP) is 3.16. The average Bonchev–Trinajstić information content (AvgIpc) is 2.78. The molecule has 0 aliphatic heterocycles. The molecule has 0 atom stereocenters. The molecule has 2 aromatic rings. The molecule has 16 heavy (non-hydrogen) atoms. The van der Waals surface area contributed by atoms with Crippen LogP contribution in [0.2, 0.25) is 0 Å². The molecule has 2 rings (SSSR count). The monoisotopic (exact) mass is 216 g/mol. The molecule has 0 bridgehead atoms. The Labute approximate surface area is 93.7 Å². The highest BCUT2D eigenvalue weighted by atomic mass is 16.5. The third kappa shape index (κ3) is 1.98. The van der Waals surface area contributed by atoms with Crippen LogP contribution in [-0.2, 0) is 0 Å². The standard InChI is InChI=1S/C13H12O3/c1-9(14)13-7-11(8-16-13)10-3-5-12(15-2)6-4-10/h3-8H,1-2H3. The van der Waals surface area contributed by atoms with Crippen molar-refractivity contribution < 1.29 is 13.9 Å². The molecular weight excluding hydrogens is 204 g/mol. The van der Waals surface area contributed by atoms with Gasteiger partial charge in [-0.3, -0.25) is 4.79 Å². The van der Waals surface area contributed by atoms with E-state index < -0.39 is 0 Å². The number of furan rings is 1. The maximum Gasteiger partial charge on any atom is 0.194 e. The second-order valence-corrected chi connectivity index (χ2v) is 3.48. The lowest BCUT2D eigenvalue weighted by Gasteiger charge is -2.00. The van der Waals surface area contributed by atoms with Crippen LogP contribution < -0.4 is 4.74 Å². The fraction of sp³-hybridized carbons (Fsp3) is 0.154. The van der Waals surface area contributed by atoms with Gasteiger partial charge in [0.15, 0.2) is 11.5 Å². The Morgan fingerprint density at radius 1 is 1.19 bits per heavy atom. The van der Waals surface area contributed by atoms with Gasteiger partial charge in [0.1, 0.15) is 5.75 Å². The summed E-state index contributed by atoms with van der Waals surface area (Å²) in [4.78, 5) is 11.1. The second-order valence-electron chi connectivity index (χ2n) is 3.48. The van der Waals surface area contributed by atoms with Crippen molar-refractivity contribution in [1.82, 2.24) is 0 Å². The Balaban J connectivity index is 2.31. The molecule has 0 aliphatic rings. The Morgan fingerprint density at radius 3 is 2.38 bits per heavy atom. The minimum absolute atomic E-state index is 0.0697. The zero-order valence-electron chi connectivity index (χ0n) is 9.19. The SMILES string of the molecule is COc1ccc(-c2coc(C(C)=O)c2)cc1. The number of carbonyl (C=O) groups is 1. The maximum absolute atomic E-state index is 11.1. The van der Waals surface area contributed by atoms with Crippen LogP contribution in [0.15, 0.2) is 41.0 Å². The van der Waals surface area contributed by atoms with E-state index in [9.17, 15) is 4.79 Å². The molecular formula is C13H12O3. The summed E-state index contributed by atoms with van der Waals surface area (Å²) in [5.74, 6) is 1.12. The predicted molar refractivity (Wildman–Crippen MR) is 60.7 cm³/mol. The number of benzene rings is 1. The van der Waals surface area contributed by atoms with Crippen LogP contribution in [0, 0.1) is 0 Å². The van der Waals surface area contributed by atoms with Crippen molar-refractivity contribution in [2.45, 2.75) is 6.92 Å². The van der Waals surface area contributed by atoms with Gasteiger partial charge in [-0.1, -0.05) is 12.1 Å². The smallest absolute Gasteiger partial charge is 0.194 e. The zero-order chi connectivity index (χ0) is 11.5. The lowest BCUT2D eigenvalue weighted by Crippen LogP contribution is -1.86. The van der Waals surface area contributed by atoms with E-state index in [1.54, 1.807) is 19.4 Å². The third-order valence-electron chi connectivity index (χ3n) is 2.37. The van der Waals surface area contributed by atoms with Crippen molar-refractivity contribution in [1.29, 1.82) is 0 Å². The molecule has 0 amide bonds. The van der Waals surface area contributed by atoms with Crippen LogP contribution in [0.5, 0.6) is 5.75 Å². The Hall–Kier alpha value is -2.03. The zero-order valence-corrected chi connectivity index (χ0v) is 9.19. The minimum atomic E-state index is -0.0697. The molecule has 1 aromatic heterocycles. The fourth-order valence-electron chi connectivity index (χ4n) is 1.46. The van der Waals surface area contributed by atoms with Crippen molar-refractivity contribution in [2.75, 3.05) is 7.11 Å². The summed E-state index contributed by atoms with van der Waals surface area (Å²) in [5, 5.41) is 0. The molecule has 0 fully saturated rings. The van der Waals surface area contributed by atoms with Gasteiger partial charge in [0.25, 0.3) is 0 Å². The molecule has 0 aliphatic carbocycles. The summed E-state index contributed by atoms with van der Waals surface area (Å²) >= 11 is 0. The number of methoxy groups -OCH3 is 1. The normalized spacial score (nSPS) is 10.1. The van der Waals surface area contributed by atoms with Gasteiger partial charge in [-0.2, -0.15) is 0 Å². The molecule has 0 spiro atoms. The van der Waals surface area contributed by atoms with E-state index in [1.807, 2.05) is 24.3 Å². The van der Waals surface area contributed by atoms with Gasteiger partial charge in [-0.05, 0) is 23.8 Å². The molecule has 1 heterocycles. The number of Topliss-reactive ketones (excluding diaryl/α,β-unsaturated/α-hetero) is 1. The van der Waals surface area contributed by atoms with Crippen LogP contribution in [0.25, 0.3) is 11.1 Å². The quantitative estimate of drug-likeness (QED) is 0.740. The van der Waals surface area contributed by atoms with E-state index in [1.165, 1.54) is 6.92 Å². The van der Waals surface area contributed by atoms with Crippen molar-refractivity contribution >= 4 is 5.78 Å². The highest BCUT2D eigenvalue weighted by Crippen LogP contribution is 2.24. The van der Waals surface area contributed by atoms with E-state index in [2.05, 4.69) is 0 Å². The summed E-state index contributed by atoms with van der Waals surface area (Å²) in [7, 11) is 1.63. The Bertz CT molecular complexity index is 494. The van der Waals surface area contributed by atoms with Gasteiger partial charge in [0.05, 0.1) is 13.4 Å². The average molecular weight is 216 g/mol. The van der Waals surface area contributed by atoms with E-state index in [4.69, 9.17) is 9.15 Å². The second kappa shape index (κ2) is 4.23. The summed E-state index contributed by atoms with van der Waals surface area (Å²) in [6, 6.07) is 9.33. The molecule has 0 saturated carbocycles. The van der Waals surface area contributed by atoms with Crippen LogP contribution in [0.4, 0.5) is 0 Å². The van der Waals surface area contributed by atoms with Gasteiger partial charge in [-0.25, -0.2) is 0 Å². The van der Waals surface area contributed by atoms with Crippen LogP contribution in [0.1, 0.15) is 17.5 Å². The summed E-state index contributed by atoms with van der Waals surface area (Å²) < 4.78 is 10.2. The van der Waals surface area contributed by atoms with E-state index in [0.717, 1.165) is 16.9 Å². The minimum Gasteiger partial charge on any atom is -0.497 e. The first-order chi connectivity index (χ1) is 7.70. The number of ketones is 1. The number of carbonyl (C=O) groups excluding carboxylic acids is 1. The van der Waals surface area contributed by atoms with Gasteiger partial charge >= 0.3 is 0 Å². The maximum atomic E-state index is 11.1. The number of hydrogen-bond donors (Lipinski definition) is 0. The first-order valence-corrected chi connectivity index (χ1v) is 4.94.